The monoisotopic (exact) mass is 490 g/mol. The molecule has 178 valence electrons. The van der Waals surface area contributed by atoms with E-state index in [2.05, 4.69) is 77.9 Å². The smallest absolute Gasteiger partial charge is 0.116 e. The minimum absolute atomic E-state index is 0.914. The second kappa shape index (κ2) is 9.00. The Labute approximate surface area is 213 Å². The molecule has 6 aromatic rings. The second-order valence-corrected chi connectivity index (χ2v) is 10.5. The van der Waals surface area contributed by atoms with Gasteiger partial charge < -0.3 is 4.98 Å². The number of thiophene rings is 1. The molecule has 0 bridgehead atoms. The molecule has 0 spiro atoms. The van der Waals surface area contributed by atoms with Crippen molar-refractivity contribution in [2.45, 2.75) is 25.8 Å². The number of aromatic amines is 2. The van der Waals surface area contributed by atoms with Gasteiger partial charge in [-0.05, 0) is 78.8 Å². The number of H-pyrrole nitrogens is 2. The van der Waals surface area contributed by atoms with E-state index < -0.39 is 0 Å². The van der Waals surface area contributed by atoms with Crippen LogP contribution in [0.4, 0.5) is 0 Å². The number of pyridine rings is 2. The van der Waals surface area contributed by atoms with Crippen molar-refractivity contribution in [1.82, 2.24) is 30.0 Å². The zero-order valence-electron chi connectivity index (χ0n) is 19.9. The van der Waals surface area contributed by atoms with E-state index in [0.717, 1.165) is 61.4 Å². The molecule has 1 aromatic carbocycles. The Kier molecular flexibility index (Phi) is 5.37. The lowest BCUT2D eigenvalue weighted by molar-refractivity contribution is 0.220. The highest BCUT2D eigenvalue weighted by Gasteiger charge is 2.16. The number of nitrogens with one attached hydrogen (secondary N) is 2. The van der Waals surface area contributed by atoms with Gasteiger partial charge in [0.25, 0.3) is 0 Å². The van der Waals surface area contributed by atoms with Crippen molar-refractivity contribution >= 4 is 33.1 Å². The number of benzene rings is 1. The number of fused-ring (bicyclic) bond motifs is 2. The van der Waals surface area contributed by atoms with Crippen LogP contribution in [0.1, 0.15) is 24.8 Å². The van der Waals surface area contributed by atoms with Gasteiger partial charge >= 0.3 is 0 Å². The summed E-state index contributed by atoms with van der Waals surface area (Å²) in [6.07, 6.45) is 9.77. The number of hydrogen-bond acceptors (Lipinski definition) is 5. The van der Waals surface area contributed by atoms with E-state index in [1.165, 1.54) is 37.9 Å². The standard InChI is InChI=1S/C29H26N6S/c1-2-10-35(11-3-1)18-19-13-21(17-30-16-19)20-6-7-25-22(14-20)28(34-33-25)26-15-23-24(32-26)8-9-31-29(23)27-5-4-12-36-27/h4-9,12-17,32H,1-3,10-11,18H2,(H,33,34). The summed E-state index contributed by atoms with van der Waals surface area (Å²) < 4.78 is 0. The molecule has 0 amide bonds. The Balaban J connectivity index is 1.26. The van der Waals surface area contributed by atoms with Crippen LogP contribution in [-0.4, -0.2) is 43.1 Å². The van der Waals surface area contributed by atoms with Crippen molar-refractivity contribution in [3.63, 3.8) is 0 Å². The molecule has 1 fully saturated rings. The maximum absolute atomic E-state index is 4.69. The highest BCUT2D eigenvalue weighted by atomic mass is 32.1. The molecule has 6 heterocycles. The summed E-state index contributed by atoms with van der Waals surface area (Å²) >= 11 is 1.70. The molecule has 1 aliphatic rings. The van der Waals surface area contributed by atoms with Gasteiger partial charge in [-0.15, -0.1) is 11.3 Å². The summed E-state index contributed by atoms with van der Waals surface area (Å²) in [6, 6.07) is 17.1. The second-order valence-electron chi connectivity index (χ2n) is 9.53. The van der Waals surface area contributed by atoms with Crippen LogP contribution in [0.25, 0.3) is 54.9 Å². The molecule has 1 aliphatic heterocycles. The van der Waals surface area contributed by atoms with Crippen LogP contribution in [0.15, 0.2) is 72.5 Å². The van der Waals surface area contributed by atoms with Crippen LogP contribution < -0.4 is 0 Å². The van der Waals surface area contributed by atoms with Crippen molar-refractivity contribution in [3.8, 4) is 33.1 Å². The predicted octanol–water partition coefficient (Wildman–Crippen LogP) is 6.88. The third-order valence-electron chi connectivity index (χ3n) is 7.10. The summed E-state index contributed by atoms with van der Waals surface area (Å²) in [4.78, 5) is 16.5. The highest BCUT2D eigenvalue weighted by Crippen LogP contribution is 2.35. The molecule has 0 aliphatic carbocycles. The highest BCUT2D eigenvalue weighted by molar-refractivity contribution is 7.13. The largest absolute Gasteiger partial charge is 0.353 e. The molecule has 7 heteroatoms. The molecule has 2 N–H and O–H groups in total. The fourth-order valence-corrected chi connectivity index (χ4v) is 6.03. The van der Waals surface area contributed by atoms with E-state index in [9.17, 15) is 0 Å². The minimum atomic E-state index is 0.914. The van der Waals surface area contributed by atoms with E-state index in [-0.39, 0.29) is 0 Å². The average Bonchev–Trinajstić information content (AvgIpc) is 3.68. The molecule has 0 unspecified atom stereocenters. The van der Waals surface area contributed by atoms with Crippen LogP contribution in [0, 0.1) is 0 Å². The first-order valence-corrected chi connectivity index (χ1v) is 13.4. The molecule has 1 saturated heterocycles. The summed E-state index contributed by atoms with van der Waals surface area (Å²) in [7, 11) is 0. The Morgan fingerprint density at radius 1 is 0.861 bits per heavy atom. The SMILES string of the molecule is c1csc(-c2nccc3[nH]c(-c4n[nH]c5ccc(-c6cncc(CN7CCCCC7)c6)cc45)cc23)c1. The fraction of sp³-hybridized carbons (Fsp3) is 0.207. The van der Waals surface area contributed by atoms with E-state index >= 15 is 0 Å². The average molecular weight is 491 g/mol. The first-order valence-electron chi connectivity index (χ1n) is 12.5. The number of rotatable bonds is 5. The quantitative estimate of drug-likeness (QED) is 0.276. The van der Waals surface area contributed by atoms with E-state index in [1.807, 2.05) is 24.7 Å². The topological polar surface area (TPSA) is 73.5 Å². The van der Waals surface area contributed by atoms with Gasteiger partial charge in [0, 0.05) is 47.0 Å². The molecular weight excluding hydrogens is 464 g/mol. The van der Waals surface area contributed by atoms with Gasteiger partial charge in [0.05, 0.1) is 21.8 Å². The lowest BCUT2D eigenvalue weighted by Crippen LogP contribution is -2.29. The lowest BCUT2D eigenvalue weighted by atomic mass is 10.0. The third kappa shape index (κ3) is 3.90. The third-order valence-corrected chi connectivity index (χ3v) is 7.98. The number of aromatic nitrogens is 5. The minimum Gasteiger partial charge on any atom is -0.353 e. The van der Waals surface area contributed by atoms with E-state index in [1.54, 1.807) is 11.3 Å². The van der Waals surface area contributed by atoms with E-state index in [0.29, 0.717) is 0 Å². The van der Waals surface area contributed by atoms with Crippen LogP contribution in [0.2, 0.25) is 0 Å². The van der Waals surface area contributed by atoms with Crippen LogP contribution in [-0.2, 0) is 6.54 Å². The maximum Gasteiger partial charge on any atom is 0.116 e. The van der Waals surface area contributed by atoms with Gasteiger partial charge in [-0.25, -0.2) is 0 Å². The van der Waals surface area contributed by atoms with Crippen LogP contribution in [0.3, 0.4) is 0 Å². The lowest BCUT2D eigenvalue weighted by Gasteiger charge is -2.26. The molecule has 5 aromatic heterocycles. The van der Waals surface area contributed by atoms with Gasteiger partial charge in [0.2, 0.25) is 0 Å². The van der Waals surface area contributed by atoms with Gasteiger partial charge in [0.15, 0.2) is 0 Å². The predicted molar refractivity (Wildman–Crippen MR) is 147 cm³/mol. The van der Waals surface area contributed by atoms with Crippen molar-refractivity contribution in [2.24, 2.45) is 0 Å². The summed E-state index contributed by atoms with van der Waals surface area (Å²) in [5, 5.41) is 12.2. The first-order chi connectivity index (χ1) is 17.8. The molecule has 0 atom stereocenters. The molecule has 6 nitrogen and oxygen atoms in total. The fourth-order valence-electron chi connectivity index (χ4n) is 5.30. The van der Waals surface area contributed by atoms with Crippen molar-refractivity contribution in [2.75, 3.05) is 13.1 Å². The van der Waals surface area contributed by atoms with Gasteiger partial charge in [-0.3, -0.25) is 20.0 Å². The summed E-state index contributed by atoms with van der Waals surface area (Å²) in [5.41, 5.74) is 8.53. The van der Waals surface area contributed by atoms with Crippen molar-refractivity contribution in [1.29, 1.82) is 0 Å². The zero-order valence-corrected chi connectivity index (χ0v) is 20.7. The Hall–Kier alpha value is -3.81. The molecular formula is C29H26N6S. The Morgan fingerprint density at radius 2 is 1.78 bits per heavy atom. The molecule has 36 heavy (non-hydrogen) atoms. The molecule has 0 radical (unpaired) electrons. The number of likely N-dealkylation sites (tertiary alicyclic amines) is 1. The Morgan fingerprint density at radius 3 is 2.67 bits per heavy atom. The number of hydrogen-bond donors (Lipinski definition) is 2. The maximum atomic E-state index is 4.69. The van der Waals surface area contributed by atoms with Gasteiger partial charge in [0.1, 0.15) is 5.69 Å². The van der Waals surface area contributed by atoms with Crippen molar-refractivity contribution < 1.29 is 0 Å². The van der Waals surface area contributed by atoms with Crippen molar-refractivity contribution in [3.05, 3.63) is 78.1 Å². The summed E-state index contributed by atoms with van der Waals surface area (Å²) in [6.45, 7) is 3.33. The Bertz CT molecular complexity index is 1660. The zero-order chi connectivity index (χ0) is 23.9. The summed E-state index contributed by atoms with van der Waals surface area (Å²) in [5.74, 6) is 0. The van der Waals surface area contributed by atoms with Gasteiger partial charge in [-0.1, -0.05) is 18.6 Å². The van der Waals surface area contributed by atoms with Crippen LogP contribution >= 0.6 is 11.3 Å². The molecule has 7 rings (SSSR count). The number of nitrogens with zero attached hydrogens (tertiary/aromatic N) is 4. The van der Waals surface area contributed by atoms with E-state index in [4.69, 9.17) is 0 Å². The van der Waals surface area contributed by atoms with Crippen LogP contribution in [0.5, 0.6) is 0 Å². The van der Waals surface area contributed by atoms with Gasteiger partial charge in [-0.2, -0.15) is 5.10 Å². The normalized spacial score (nSPS) is 14.7. The first kappa shape index (κ1) is 21.5. The number of piperidine rings is 1. The molecule has 0 saturated carbocycles.